The molecule has 0 N–H and O–H groups in total. The minimum Gasteiger partial charge on any atom is -0.298 e. The quantitative estimate of drug-likeness (QED) is 0.297. The Labute approximate surface area is 226 Å². The Bertz CT molecular complexity index is 936. The lowest BCUT2D eigenvalue weighted by atomic mass is 9.89. The molecule has 3 aliphatic heterocycles. The van der Waals surface area contributed by atoms with Gasteiger partial charge in [-0.25, -0.2) is 0 Å². The summed E-state index contributed by atoms with van der Waals surface area (Å²) in [7, 11) is 0. The number of nitrogens with zero attached hydrogens (tertiary/aromatic N) is 4. The molecule has 38 heavy (non-hydrogen) atoms. The molecule has 3 aliphatic rings. The van der Waals surface area contributed by atoms with Crippen molar-refractivity contribution in [1.29, 1.82) is 0 Å². The van der Waals surface area contributed by atoms with E-state index in [0.717, 1.165) is 25.7 Å². The standard InChI is InChI=1S/C28H44N4O6/c1-5-7-9-21-17-24(34)31(27(21)37)14-11-29(10-13-30-23(33)16-20(4)26(30)36)12-15-32-25(35)18-22(28(32)38)19(3)8-6-2/h19-22H,5-18H2,1-4H3. The largest absolute Gasteiger partial charge is 0.298 e. The van der Waals surface area contributed by atoms with E-state index in [9.17, 15) is 28.8 Å². The van der Waals surface area contributed by atoms with Crippen LogP contribution in [0.15, 0.2) is 0 Å². The predicted octanol–water partition coefficient (Wildman–Crippen LogP) is 2.06. The van der Waals surface area contributed by atoms with Gasteiger partial charge in [0, 0.05) is 76.3 Å². The predicted molar refractivity (Wildman–Crippen MR) is 140 cm³/mol. The summed E-state index contributed by atoms with van der Waals surface area (Å²) in [5.74, 6) is -1.79. The van der Waals surface area contributed by atoms with Crippen molar-refractivity contribution in [2.24, 2.45) is 23.7 Å². The Morgan fingerprint density at radius 2 is 1.26 bits per heavy atom. The minimum atomic E-state index is -0.335. The van der Waals surface area contributed by atoms with Crippen LogP contribution >= 0.6 is 0 Å². The molecule has 0 spiro atoms. The third kappa shape index (κ3) is 6.87. The van der Waals surface area contributed by atoms with Gasteiger partial charge in [0.2, 0.25) is 35.4 Å². The molecule has 4 atom stereocenters. The average molecular weight is 533 g/mol. The summed E-state index contributed by atoms with van der Waals surface area (Å²) in [6, 6.07) is 0. The van der Waals surface area contributed by atoms with E-state index in [-0.39, 0.29) is 98.0 Å². The lowest BCUT2D eigenvalue weighted by Gasteiger charge is -2.28. The summed E-state index contributed by atoms with van der Waals surface area (Å²) < 4.78 is 0. The Morgan fingerprint density at radius 3 is 1.79 bits per heavy atom. The van der Waals surface area contributed by atoms with Crippen molar-refractivity contribution in [1.82, 2.24) is 19.6 Å². The normalized spacial score (nSPS) is 25.2. The van der Waals surface area contributed by atoms with Crippen LogP contribution in [0.2, 0.25) is 0 Å². The second-order valence-electron chi connectivity index (χ2n) is 11.2. The van der Waals surface area contributed by atoms with Crippen LogP contribution in [0.3, 0.4) is 0 Å². The molecule has 0 aliphatic carbocycles. The summed E-state index contributed by atoms with van der Waals surface area (Å²) in [6.07, 6.45) is 5.06. The smallest absolute Gasteiger partial charge is 0.233 e. The van der Waals surface area contributed by atoms with Crippen molar-refractivity contribution in [3.05, 3.63) is 0 Å². The summed E-state index contributed by atoms with van der Waals surface area (Å²) in [5.41, 5.74) is 0. The third-order valence-corrected chi connectivity index (χ3v) is 8.34. The van der Waals surface area contributed by atoms with Crippen molar-refractivity contribution in [3.63, 3.8) is 0 Å². The first kappa shape index (κ1) is 29.9. The van der Waals surface area contributed by atoms with Gasteiger partial charge >= 0.3 is 0 Å². The van der Waals surface area contributed by atoms with E-state index >= 15 is 0 Å². The van der Waals surface area contributed by atoms with Gasteiger partial charge in [-0.1, -0.05) is 53.4 Å². The lowest BCUT2D eigenvalue weighted by molar-refractivity contribution is -0.140. The molecule has 3 rings (SSSR count). The molecule has 0 aromatic carbocycles. The highest BCUT2D eigenvalue weighted by Gasteiger charge is 2.41. The molecule has 0 radical (unpaired) electrons. The molecule has 0 saturated carbocycles. The fourth-order valence-corrected chi connectivity index (χ4v) is 5.85. The summed E-state index contributed by atoms with van der Waals surface area (Å²) in [4.78, 5) is 81.6. The van der Waals surface area contributed by atoms with Crippen LogP contribution in [0.1, 0.15) is 79.1 Å². The van der Waals surface area contributed by atoms with Crippen molar-refractivity contribution in [2.75, 3.05) is 39.3 Å². The fraction of sp³-hybridized carbons (Fsp3) is 0.786. The molecule has 6 amide bonds. The topological polar surface area (TPSA) is 115 Å². The van der Waals surface area contributed by atoms with Crippen LogP contribution < -0.4 is 0 Å². The van der Waals surface area contributed by atoms with Crippen molar-refractivity contribution >= 4 is 35.4 Å². The third-order valence-electron chi connectivity index (χ3n) is 8.34. The van der Waals surface area contributed by atoms with E-state index in [1.165, 1.54) is 14.7 Å². The maximum Gasteiger partial charge on any atom is 0.233 e. The number of carbonyl (C=O) groups excluding carboxylic acids is 6. The fourth-order valence-electron chi connectivity index (χ4n) is 5.85. The van der Waals surface area contributed by atoms with Gasteiger partial charge in [0.1, 0.15) is 0 Å². The van der Waals surface area contributed by atoms with E-state index in [1.54, 1.807) is 6.92 Å². The van der Waals surface area contributed by atoms with Gasteiger partial charge in [-0.2, -0.15) is 0 Å². The molecule has 3 heterocycles. The SMILES string of the molecule is CCCCC1CC(=O)N(CCN(CCN2C(=O)CC(C)C2=O)CCN2C(=O)CC(C(C)CCC)C2=O)C1=O. The van der Waals surface area contributed by atoms with Crippen LogP contribution in [0.25, 0.3) is 0 Å². The highest BCUT2D eigenvalue weighted by Crippen LogP contribution is 2.29. The molecule has 3 fully saturated rings. The van der Waals surface area contributed by atoms with E-state index < -0.39 is 0 Å². The molecule has 0 aromatic heterocycles. The number of imide groups is 3. The number of rotatable bonds is 15. The first-order chi connectivity index (χ1) is 18.1. The minimum absolute atomic E-state index is 0.138. The number of amides is 6. The summed E-state index contributed by atoms with van der Waals surface area (Å²) >= 11 is 0. The summed E-state index contributed by atoms with van der Waals surface area (Å²) in [6.45, 7) is 9.48. The number of carbonyl (C=O) groups is 6. The Kier molecular flexibility index (Phi) is 10.6. The van der Waals surface area contributed by atoms with Crippen molar-refractivity contribution in [2.45, 2.75) is 79.1 Å². The Balaban J connectivity index is 1.63. The second-order valence-corrected chi connectivity index (χ2v) is 11.2. The van der Waals surface area contributed by atoms with Crippen molar-refractivity contribution < 1.29 is 28.8 Å². The number of likely N-dealkylation sites (tertiary alicyclic amines) is 3. The van der Waals surface area contributed by atoms with Gasteiger partial charge in [-0.3, -0.25) is 48.4 Å². The first-order valence-electron chi connectivity index (χ1n) is 14.3. The van der Waals surface area contributed by atoms with Gasteiger partial charge in [-0.05, 0) is 12.3 Å². The van der Waals surface area contributed by atoms with Gasteiger partial charge in [0.05, 0.1) is 0 Å². The molecule has 212 valence electrons. The molecule has 10 nitrogen and oxygen atoms in total. The van der Waals surface area contributed by atoms with Gasteiger partial charge in [-0.15, -0.1) is 0 Å². The van der Waals surface area contributed by atoms with Crippen LogP contribution in [-0.2, 0) is 28.8 Å². The van der Waals surface area contributed by atoms with Crippen LogP contribution in [-0.4, -0.2) is 94.3 Å². The highest BCUT2D eigenvalue weighted by molar-refractivity contribution is 6.04. The molecular weight excluding hydrogens is 488 g/mol. The zero-order valence-electron chi connectivity index (χ0n) is 23.4. The molecule has 10 heteroatoms. The molecular formula is C28H44N4O6. The second kappa shape index (κ2) is 13.4. The molecule has 3 saturated heterocycles. The highest BCUT2D eigenvalue weighted by atomic mass is 16.2. The van der Waals surface area contributed by atoms with Crippen LogP contribution in [0, 0.1) is 23.7 Å². The Morgan fingerprint density at radius 1 is 0.737 bits per heavy atom. The molecule has 4 unspecified atom stereocenters. The van der Waals surface area contributed by atoms with E-state index in [0.29, 0.717) is 26.1 Å². The van der Waals surface area contributed by atoms with Crippen LogP contribution in [0.5, 0.6) is 0 Å². The average Bonchev–Trinajstić information content (AvgIpc) is 3.41. The van der Waals surface area contributed by atoms with E-state index in [4.69, 9.17) is 0 Å². The van der Waals surface area contributed by atoms with E-state index in [2.05, 4.69) is 13.8 Å². The lowest BCUT2D eigenvalue weighted by Crippen LogP contribution is -2.46. The van der Waals surface area contributed by atoms with Gasteiger partial charge in [0.25, 0.3) is 0 Å². The zero-order chi connectivity index (χ0) is 28.0. The van der Waals surface area contributed by atoms with E-state index in [1.807, 2.05) is 11.8 Å². The molecule has 0 bridgehead atoms. The van der Waals surface area contributed by atoms with Gasteiger partial charge < -0.3 is 0 Å². The maximum atomic E-state index is 13.0. The summed E-state index contributed by atoms with van der Waals surface area (Å²) in [5, 5.41) is 0. The number of unbranched alkanes of at least 4 members (excludes halogenated alkanes) is 1. The monoisotopic (exact) mass is 532 g/mol. The van der Waals surface area contributed by atoms with Crippen LogP contribution in [0.4, 0.5) is 0 Å². The number of hydrogen-bond donors (Lipinski definition) is 0. The van der Waals surface area contributed by atoms with Crippen molar-refractivity contribution in [3.8, 4) is 0 Å². The molecule has 0 aromatic rings. The zero-order valence-corrected chi connectivity index (χ0v) is 23.4. The Hall–Kier alpha value is -2.62. The first-order valence-corrected chi connectivity index (χ1v) is 14.3. The maximum absolute atomic E-state index is 13.0. The number of hydrogen-bond acceptors (Lipinski definition) is 7. The van der Waals surface area contributed by atoms with Gasteiger partial charge in [0.15, 0.2) is 0 Å².